The molecular formula is C24H53N3O. The molecule has 0 aromatic heterocycles. The molecule has 28 heavy (non-hydrogen) atoms. The Morgan fingerprint density at radius 2 is 1.21 bits per heavy atom. The number of likely N-dealkylation sites (N-methyl/N-ethyl adjacent to an activating group) is 1. The van der Waals surface area contributed by atoms with E-state index in [-0.39, 0.29) is 5.48 Å². The van der Waals surface area contributed by atoms with Gasteiger partial charge in [-0.3, -0.25) is 9.80 Å². The molecule has 4 heteroatoms. The molecule has 0 aromatic rings. The van der Waals surface area contributed by atoms with Gasteiger partial charge in [-0.05, 0) is 26.4 Å². The SMILES string of the molecule is CCCCCCCCCCC1N(C)CCN1CCNCCCCCCCC.O. The van der Waals surface area contributed by atoms with Crippen LogP contribution in [0.4, 0.5) is 0 Å². The van der Waals surface area contributed by atoms with Crippen LogP contribution in [0.5, 0.6) is 0 Å². The lowest BCUT2D eigenvalue weighted by Crippen LogP contribution is -2.40. The molecule has 4 nitrogen and oxygen atoms in total. The minimum absolute atomic E-state index is 0. The molecule has 1 aliphatic heterocycles. The molecule has 1 unspecified atom stereocenters. The fourth-order valence-corrected chi connectivity index (χ4v) is 4.37. The minimum Gasteiger partial charge on any atom is -0.412 e. The molecule has 0 aliphatic carbocycles. The Balaban J connectivity index is 0.00000729. The zero-order valence-electron chi connectivity index (χ0n) is 19.6. The van der Waals surface area contributed by atoms with E-state index in [1.807, 2.05) is 0 Å². The summed E-state index contributed by atoms with van der Waals surface area (Å²) in [5.41, 5.74) is 0. The summed E-state index contributed by atoms with van der Waals surface area (Å²) in [4.78, 5) is 5.30. The fourth-order valence-electron chi connectivity index (χ4n) is 4.37. The van der Waals surface area contributed by atoms with E-state index >= 15 is 0 Å². The standard InChI is InChI=1S/C24H51N3.H2O/c1-4-6-8-10-12-13-14-16-18-24-26(3)22-23-27(24)21-20-25-19-17-15-11-9-7-5-2;/h24-25H,4-23H2,1-3H3;1H2. The topological polar surface area (TPSA) is 50.0 Å². The molecule has 1 saturated heterocycles. The van der Waals surface area contributed by atoms with Crippen molar-refractivity contribution >= 4 is 0 Å². The van der Waals surface area contributed by atoms with Crippen molar-refractivity contribution in [2.75, 3.05) is 39.8 Å². The predicted molar refractivity (Wildman–Crippen MR) is 125 cm³/mol. The van der Waals surface area contributed by atoms with E-state index in [1.54, 1.807) is 0 Å². The Kier molecular flexibility index (Phi) is 20.0. The van der Waals surface area contributed by atoms with Crippen molar-refractivity contribution in [2.24, 2.45) is 0 Å². The van der Waals surface area contributed by atoms with Crippen LogP contribution in [0.25, 0.3) is 0 Å². The third-order valence-electron chi connectivity index (χ3n) is 6.27. The predicted octanol–water partition coefficient (Wildman–Crippen LogP) is 5.22. The number of nitrogens with one attached hydrogen (secondary N) is 1. The van der Waals surface area contributed by atoms with Gasteiger partial charge in [0.05, 0.1) is 6.17 Å². The van der Waals surface area contributed by atoms with Crippen LogP contribution in [-0.4, -0.2) is 61.2 Å². The van der Waals surface area contributed by atoms with Crippen molar-refractivity contribution in [2.45, 2.75) is 116 Å². The van der Waals surface area contributed by atoms with Crippen molar-refractivity contribution < 1.29 is 5.48 Å². The Hall–Kier alpha value is -0.160. The highest BCUT2D eigenvalue weighted by molar-refractivity contribution is 4.80. The van der Waals surface area contributed by atoms with Gasteiger partial charge in [-0.25, -0.2) is 0 Å². The highest BCUT2D eigenvalue weighted by Gasteiger charge is 2.27. The molecule has 1 fully saturated rings. The van der Waals surface area contributed by atoms with Crippen LogP contribution in [0.15, 0.2) is 0 Å². The molecule has 170 valence electrons. The van der Waals surface area contributed by atoms with Crippen LogP contribution in [0, 0.1) is 0 Å². The molecule has 0 saturated carbocycles. The Labute approximate surface area is 177 Å². The summed E-state index contributed by atoms with van der Waals surface area (Å²) < 4.78 is 0. The Morgan fingerprint density at radius 1 is 0.679 bits per heavy atom. The lowest BCUT2D eigenvalue weighted by Gasteiger charge is -2.28. The third-order valence-corrected chi connectivity index (χ3v) is 6.27. The normalized spacial score (nSPS) is 17.9. The van der Waals surface area contributed by atoms with E-state index in [0.717, 1.165) is 6.54 Å². The summed E-state index contributed by atoms with van der Waals surface area (Å²) in [5, 5.41) is 3.68. The van der Waals surface area contributed by atoms with Crippen molar-refractivity contribution in [1.82, 2.24) is 15.1 Å². The largest absolute Gasteiger partial charge is 0.412 e. The zero-order chi connectivity index (χ0) is 19.6. The van der Waals surface area contributed by atoms with Crippen molar-refractivity contribution in [3.05, 3.63) is 0 Å². The fraction of sp³-hybridized carbons (Fsp3) is 1.00. The highest BCUT2D eigenvalue weighted by atomic mass is 16.0. The number of hydrogen-bond donors (Lipinski definition) is 1. The van der Waals surface area contributed by atoms with E-state index in [1.165, 1.54) is 122 Å². The van der Waals surface area contributed by atoms with Crippen molar-refractivity contribution in [3.8, 4) is 0 Å². The van der Waals surface area contributed by atoms with E-state index in [9.17, 15) is 0 Å². The molecular weight excluding hydrogens is 346 g/mol. The van der Waals surface area contributed by atoms with Crippen LogP contribution >= 0.6 is 0 Å². The molecule has 0 radical (unpaired) electrons. The maximum atomic E-state index is 3.68. The van der Waals surface area contributed by atoms with Gasteiger partial charge in [-0.2, -0.15) is 0 Å². The van der Waals surface area contributed by atoms with E-state index in [4.69, 9.17) is 0 Å². The molecule has 1 rings (SSSR count). The summed E-state index contributed by atoms with van der Waals surface area (Å²) in [5.74, 6) is 0. The Morgan fingerprint density at radius 3 is 1.82 bits per heavy atom. The summed E-state index contributed by atoms with van der Waals surface area (Å²) in [6.45, 7) is 10.7. The first-order chi connectivity index (χ1) is 13.3. The maximum Gasteiger partial charge on any atom is 0.0621 e. The summed E-state index contributed by atoms with van der Waals surface area (Å²) in [6, 6.07) is 0. The molecule has 1 atom stereocenters. The second-order valence-corrected chi connectivity index (χ2v) is 8.78. The average molecular weight is 400 g/mol. The molecule has 3 N–H and O–H groups in total. The molecule has 0 spiro atoms. The number of unbranched alkanes of at least 4 members (excludes halogenated alkanes) is 12. The van der Waals surface area contributed by atoms with Gasteiger partial charge in [0, 0.05) is 26.2 Å². The first-order valence-corrected chi connectivity index (χ1v) is 12.4. The van der Waals surface area contributed by atoms with Gasteiger partial charge in [0.1, 0.15) is 0 Å². The van der Waals surface area contributed by atoms with Crippen LogP contribution in [0.1, 0.15) is 110 Å². The molecule has 0 amide bonds. The second-order valence-electron chi connectivity index (χ2n) is 8.78. The molecule has 1 aliphatic rings. The van der Waals surface area contributed by atoms with E-state index in [2.05, 4.69) is 36.0 Å². The Bertz CT molecular complexity index is 314. The highest BCUT2D eigenvalue weighted by Crippen LogP contribution is 2.19. The van der Waals surface area contributed by atoms with Crippen LogP contribution < -0.4 is 5.32 Å². The van der Waals surface area contributed by atoms with E-state index in [0.29, 0.717) is 6.17 Å². The number of hydrogen-bond acceptors (Lipinski definition) is 3. The third kappa shape index (κ3) is 13.9. The van der Waals surface area contributed by atoms with Gasteiger partial charge in [0.25, 0.3) is 0 Å². The zero-order valence-corrected chi connectivity index (χ0v) is 19.6. The van der Waals surface area contributed by atoms with E-state index < -0.39 is 0 Å². The summed E-state index contributed by atoms with van der Waals surface area (Å²) >= 11 is 0. The second kappa shape index (κ2) is 20.1. The molecule has 0 bridgehead atoms. The lowest BCUT2D eigenvalue weighted by atomic mass is 10.1. The van der Waals surface area contributed by atoms with Crippen molar-refractivity contribution in [3.63, 3.8) is 0 Å². The van der Waals surface area contributed by atoms with Gasteiger partial charge >= 0.3 is 0 Å². The molecule has 0 aromatic carbocycles. The van der Waals surface area contributed by atoms with Gasteiger partial charge < -0.3 is 10.8 Å². The minimum atomic E-state index is 0. The van der Waals surface area contributed by atoms with Crippen LogP contribution in [-0.2, 0) is 0 Å². The average Bonchev–Trinajstić information content (AvgIpc) is 3.02. The summed E-state index contributed by atoms with van der Waals surface area (Å²) in [7, 11) is 2.32. The van der Waals surface area contributed by atoms with Crippen LogP contribution in [0.2, 0.25) is 0 Å². The van der Waals surface area contributed by atoms with Gasteiger partial charge in [0.15, 0.2) is 0 Å². The van der Waals surface area contributed by atoms with Gasteiger partial charge in [0.2, 0.25) is 0 Å². The van der Waals surface area contributed by atoms with Gasteiger partial charge in [-0.15, -0.1) is 0 Å². The smallest absolute Gasteiger partial charge is 0.0621 e. The quantitative estimate of drug-likeness (QED) is 0.303. The maximum absolute atomic E-state index is 3.68. The van der Waals surface area contributed by atoms with Gasteiger partial charge in [-0.1, -0.05) is 97.3 Å². The first-order valence-electron chi connectivity index (χ1n) is 12.4. The molecule has 1 heterocycles. The number of rotatable bonds is 19. The van der Waals surface area contributed by atoms with Crippen molar-refractivity contribution in [1.29, 1.82) is 0 Å². The monoisotopic (exact) mass is 399 g/mol. The first kappa shape index (κ1) is 27.8. The number of nitrogens with zero attached hydrogens (tertiary/aromatic N) is 2. The summed E-state index contributed by atoms with van der Waals surface area (Å²) in [6.07, 6.45) is 21.8. The lowest BCUT2D eigenvalue weighted by molar-refractivity contribution is 0.146. The van der Waals surface area contributed by atoms with Crippen LogP contribution in [0.3, 0.4) is 0 Å².